The Hall–Kier alpha value is -0.840. The molecule has 15 heavy (non-hydrogen) atoms. The van der Waals surface area contributed by atoms with Crippen molar-refractivity contribution in [3.05, 3.63) is 18.2 Å². The number of hydrogen-bond donors (Lipinski definition) is 1. The van der Waals surface area contributed by atoms with E-state index in [4.69, 9.17) is 0 Å². The SMILES string of the molecule is Cn1cncc1C(=O)NCCCCCBr. The molecular weight excluding hydrogens is 258 g/mol. The zero-order chi connectivity index (χ0) is 11.1. The Bertz CT molecular complexity index is 311. The molecule has 0 aliphatic carbocycles. The van der Waals surface area contributed by atoms with Gasteiger partial charge in [-0.25, -0.2) is 4.98 Å². The van der Waals surface area contributed by atoms with Gasteiger partial charge in [-0.05, 0) is 12.8 Å². The summed E-state index contributed by atoms with van der Waals surface area (Å²) in [6.45, 7) is 0.733. The van der Waals surface area contributed by atoms with E-state index in [2.05, 4.69) is 26.2 Å². The van der Waals surface area contributed by atoms with E-state index in [0.29, 0.717) is 5.69 Å². The zero-order valence-corrected chi connectivity index (χ0v) is 10.5. The molecule has 0 fully saturated rings. The molecule has 0 aliphatic heterocycles. The predicted octanol–water partition coefficient (Wildman–Crippen LogP) is 1.72. The highest BCUT2D eigenvalue weighted by molar-refractivity contribution is 9.09. The number of amides is 1. The van der Waals surface area contributed by atoms with Gasteiger partial charge in [-0.3, -0.25) is 4.79 Å². The maximum Gasteiger partial charge on any atom is 0.269 e. The highest BCUT2D eigenvalue weighted by Gasteiger charge is 2.07. The zero-order valence-electron chi connectivity index (χ0n) is 8.87. The van der Waals surface area contributed by atoms with Gasteiger partial charge in [-0.1, -0.05) is 22.4 Å². The number of halogens is 1. The molecule has 5 heteroatoms. The number of rotatable bonds is 6. The van der Waals surface area contributed by atoms with E-state index in [1.54, 1.807) is 17.1 Å². The molecule has 1 amide bonds. The number of nitrogens with one attached hydrogen (secondary N) is 1. The molecular formula is C10H16BrN3O. The average Bonchev–Trinajstić information content (AvgIpc) is 2.64. The van der Waals surface area contributed by atoms with Crippen molar-refractivity contribution in [2.45, 2.75) is 19.3 Å². The Labute approximate surface area is 98.2 Å². The normalized spacial score (nSPS) is 10.3. The van der Waals surface area contributed by atoms with E-state index in [9.17, 15) is 4.79 Å². The lowest BCUT2D eigenvalue weighted by Gasteiger charge is -2.04. The molecule has 1 aromatic heterocycles. The Morgan fingerprint density at radius 2 is 2.33 bits per heavy atom. The number of unbranched alkanes of at least 4 members (excludes halogenated alkanes) is 2. The summed E-state index contributed by atoms with van der Waals surface area (Å²) in [5, 5.41) is 3.90. The first-order chi connectivity index (χ1) is 7.25. The standard InChI is InChI=1S/C10H16BrN3O/c1-14-8-12-7-9(14)10(15)13-6-4-2-3-5-11/h7-8H,2-6H2,1H3,(H,13,15). The first-order valence-corrected chi connectivity index (χ1v) is 6.18. The van der Waals surface area contributed by atoms with Crippen molar-refractivity contribution in [2.75, 3.05) is 11.9 Å². The van der Waals surface area contributed by atoms with Crippen LogP contribution in [0.5, 0.6) is 0 Å². The van der Waals surface area contributed by atoms with Crippen molar-refractivity contribution in [1.29, 1.82) is 0 Å². The van der Waals surface area contributed by atoms with Gasteiger partial charge in [0.2, 0.25) is 0 Å². The third-order valence-electron chi connectivity index (χ3n) is 2.15. The molecule has 1 heterocycles. The van der Waals surface area contributed by atoms with Crippen LogP contribution in [0.4, 0.5) is 0 Å². The van der Waals surface area contributed by atoms with Crippen molar-refractivity contribution >= 4 is 21.8 Å². The molecule has 0 atom stereocenters. The monoisotopic (exact) mass is 273 g/mol. The second kappa shape index (κ2) is 6.61. The highest BCUT2D eigenvalue weighted by atomic mass is 79.9. The Morgan fingerprint density at radius 3 is 2.93 bits per heavy atom. The maximum atomic E-state index is 11.6. The van der Waals surface area contributed by atoms with Gasteiger partial charge < -0.3 is 9.88 Å². The summed E-state index contributed by atoms with van der Waals surface area (Å²) in [6.07, 6.45) is 6.52. The van der Waals surface area contributed by atoms with Gasteiger partial charge >= 0.3 is 0 Å². The van der Waals surface area contributed by atoms with Crippen LogP contribution in [-0.2, 0) is 7.05 Å². The number of hydrogen-bond acceptors (Lipinski definition) is 2. The van der Waals surface area contributed by atoms with Gasteiger partial charge in [-0.15, -0.1) is 0 Å². The number of nitrogens with zero attached hydrogens (tertiary/aromatic N) is 2. The molecule has 0 spiro atoms. The molecule has 0 saturated heterocycles. The molecule has 1 rings (SSSR count). The summed E-state index contributed by atoms with van der Waals surface area (Å²) < 4.78 is 1.72. The van der Waals surface area contributed by atoms with E-state index in [1.165, 1.54) is 0 Å². The third-order valence-corrected chi connectivity index (χ3v) is 2.71. The van der Waals surface area contributed by atoms with Crippen LogP contribution in [0.3, 0.4) is 0 Å². The number of carbonyl (C=O) groups excluding carboxylic acids is 1. The fourth-order valence-corrected chi connectivity index (χ4v) is 1.66. The average molecular weight is 274 g/mol. The van der Waals surface area contributed by atoms with Crippen molar-refractivity contribution in [3.8, 4) is 0 Å². The van der Waals surface area contributed by atoms with Gasteiger partial charge in [0.25, 0.3) is 5.91 Å². The minimum absolute atomic E-state index is 0.0474. The maximum absolute atomic E-state index is 11.6. The molecule has 0 aliphatic rings. The van der Waals surface area contributed by atoms with Gasteiger partial charge in [-0.2, -0.15) is 0 Å². The smallest absolute Gasteiger partial charge is 0.269 e. The van der Waals surface area contributed by atoms with Crippen LogP contribution < -0.4 is 5.32 Å². The van der Waals surface area contributed by atoms with Gasteiger partial charge in [0.05, 0.1) is 12.5 Å². The molecule has 0 radical (unpaired) electrons. The topological polar surface area (TPSA) is 46.9 Å². The van der Waals surface area contributed by atoms with Crippen LogP contribution in [-0.4, -0.2) is 27.3 Å². The second-order valence-corrected chi connectivity index (χ2v) is 4.19. The van der Waals surface area contributed by atoms with Crippen molar-refractivity contribution in [1.82, 2.24) is 14.9 Å². The lowest BCUT2D eigenvalue weighted by atomic mass is 10.2. The minimum Gasteiger partial charge on any atom is -0.351 e. The first kappa shape index (κ1) is 12.2. The molecule has 0 unspecified atom stereocenters. The summed E-state index contributed by atoms with van der Waals surface area (Å²) in [5.74, 6) is -0.0474. The summed E-state index contributed by atoms with van der Waals surface area (Å²) in [6, 6.07) is 0. The van der Waals surface area contributed by atoms with E-state index >= 15 is 0 Å². The summed E-state index contributed by atoms with van der Waals surface area (Å²) in [7, 11) is 1.81. The van der Waals surface area contributed by atoms with Crippen LogP contribution in [0.15, 0.2) is 12.5 Å². The Morgan fingerprint density at radius 1 is 1.53 bits per heavy atom. The number of alkyl halides is 1. The molecule has 0 bridgehead atoms. The van der Waals surface area contributed by atoms with Crippen LogP contribution in [0.1, 0.15) is 29.8 Å². The molecule has 4 nitrogen and oxygen atoms in total. The van der Waals surface area contributed by atoms with Crippen molar-refractivity contribution in [2.24, 2.45) is 7.05 Å². The van der Waals surface area contributed by atoms with E-state index in [-0.39, 0.29) is 5.91 Å². The van der Waals surface area contributed by atoms with Crippen LogP contribution in [0.25, 0.3) is 0 Å². The van der Waals surface area contributed by atoms with Gasteiger partial charge in [0, 0.05) is 18.9 Å². The van der Waals surface area contributed by atoms with Crippen LogP contribution in [0, 0.1) is 0 Å². The fourth-order valence-electron chi connectivity index (χ4n) is 1.26. The quantitative estimate of drug-likeness (QED) is 0.634. The molecule has 0 saturated carbocycles. The minimum atomic E-state index is -0.0474. The second-order valence-electron chi connectivity index (χ2n) is 3.40. The van der Waals surface area contributed by atoms with E-state index in [1.807, 2.05) is 7.05 Å². The molecule has 84 valence electrons. The van der Waals surface area contributed by atoms with Crippen LogP contribution >= 0.6 is 15.9 Å². The van der Waals surface area contributed by atoms with Gasteiger partial charge in [0.1, 0.15) is 5.69 Å². The lowest BCUT2D eigenvalue weighted by molar-refractivity contribution is 0.0945. The number of aromatic nitrogens is 2. The van der Waals surface area contributed by atoms with E-state index < -0.39 is 0 Å². The van der Waals surface area contributed by atoms with Gasteiger partial charge in [0.15, 0.2) is 0 Å². The highest BCUT2D eigenvalue weighted by Crippen LogP contribution is 1.99. The van der Waals surface area contributed by atoms with Crippen LogP contribution in [0.2, 0.25) is 0 Å². The number of imidazole rings is 1. The third kappa shape index (κ3) is 4.03. The summed E-state index contributed by atoms with van der Waals surface area (Å²) in [5.41, 5.74) is 0.607. The molecule has 1 N–H and O–H groups in total. The Kier molecular flexibility index (Phi) is 5.39. The predicted molar refractivity (Wildman–Crippen MR) is 63.2 cm³/mol. The van der Waals surface area contributed by atoms with Crippen molar-refractivity contribution < 1.29 is 4.79 Å². The lowest BCUT2D eigenvalue weighted by Crippen LogP contribution is -2.26. The number of aryl methyl sites for hydroxylation is 1. The first-order valence-electron chi connectivity index (χ1n) is 5.06. The number of carbonyl (C=O) groups is 1. The summed E-state index contributed by atoms with van der Waals surface area (Å²) >= 11 is 3.37. The Balaban J connectivity index is 2.22. The molecule has 0 aromatic carbocycles. The fraction of sp³-hybridized carbons (Fsp3) is 0.600. The summed E-state index contributed by atoms with van der Waals surface area (Å²) in [4.78, 5) is 15.5. The largest absolute Gasteiger partial charge is 0.351 e. The van der Waals surface area contributed by atoms with E-state index in [0.717, 1.165) is 31.1 Å². The van der Waals surface area contributed by atoms with Crippen molar-refractivity contribution in [3.63, 3.8) is 0 Å². The molecule has 1 aromatic rings.